The lowest BCUT2D eigenvalue weighted by atomic mass is 9.85. The van der Waals surface area contributed by atoms with Crippen molar-refractivity contribution in [1.29, 1.82) is 0 Å². The number of aromatic nitrogens is 1. The van der Waals surface area contributed by atoms with Crippen molar-refractivity contribution in [2.75, 3.05) is 4.90 Å². The predicted octanol–water partition coefficient (Wildman–Crippen LogP) is 16.7. The van der Waals surface area contributed by atoms with Crippen LogP contribution < -0.4 is 4.90 Å². The van der Waals surface area contributed by atoms with E-state index in [4.69, 9.17) is 0 Å². The number of nitrogens with zero attached hydrogens (tertiary/aromatic N) is 2. The monoisotopic (exact) mass is 778 g/mol. The fourth-order valence-corrected chi connectivity index (χ4v) is 9.41. The lowest BCUT2D eigenvalue weighted by Gasteiger charge is -2.31. The summed E-state index contributed by atoms with van der Waals surface area (Å²) < 4.78 is 2.52. The number of fused-ring (bicyclic) bond motifs is 3. The van der Waals surface area contributed by atoms with Gasteiger partial charge in [-0.05, 0) is 115 Å². The minimum absolute atomic E-state index is 0.0270. The summed E-state index contributed by atoms with van der Waals surface area (Å²) in [7, 11) is 0. The summed E-state index contributed by atoms with van der Waals surface area (Å²) in [4.78, 5) is 2.50. The van der Waals surface area contributed by atoms with Crippen molar-refractivity contribution < 1.29 is 0 Å². The minimum atomic E-state index is -0.0270. The second kappa shape index (κ2) is 13.6. The molecule has 0 radical (unpaired) electrons. The average Bonchev–Trinajstić information content (AvgIpc) is 3.56. The molecule has 9 aromatic carbocycles. The molecule has 1 heterocycles. The Kier molecular flexibility index (Phi) is 8.57. The molecule has 0 aliphatic rings. The van der Waals surface area contributed by atoms with Crippen molar-refractivity contribution in [3.8, 4) is 16.8 Å². The summed E-state index contributed by atoms with van der Waals surface area (Å²) in [6.45, 7) is 20.8. The lowest BCUT2D eigenvalue weighted by molar-refractivity contribution is 0.590. The molecule has 10 aromatic rings. The Balaban J connectivity index is 1.27. The standard InChI is InChI=1S/C58H54N2/c1-56(2,3)40-25-32-51-47(34-40)48-35-41(57(4,5)6)26-33-52(48)60(51)50-31-23-39-20-27-45-49(30-22-38-21-28-46(50)55(39)54(38)45)59(43-18-14-11-15-19-43)53-36-42(58(7,8)9)24-29-44(53)37-16-12-10-13-17-37/h10-36H,1-9H3. The molecular formula is C58H54N2. The van der Waals surface area contributed by atoms with E-state index >= 15 is 0 Å². The first-order valence-electron chi connectivity index (χ1n) is 21.5. The third-order valence-corrected chi connectivity index (χ3v) is 12.8. The highest BCUT2D eigenvalue weighted by Crippen LogP contribution is 2.48. The molecule has 0 amide bonds. The zero-order chi connectivity index (χ0) is 41.7. The maximum absolute atomic E-state index is 2.52. The first kappa shape index (κ1) is 37.9. The highest BCUT2D eigenvalue weighted by molar-refractivity contribution is 6.27. The van der Waals surface area contributed by atoms with Gasteiger partial charge in [0.05, 0.1) is 28.1 Å². The SMILES string of the molecule is CC(C)(C)c1ccc(-c2ccccc2)c(N(c2ccccc2)c2ccc3ccc4c(-n5c6ccc(C(C)(C)C)cc6c6cc(C(C)(C)C)ccc65)ccc5ccc2c3c54)c1. The van der Waals surface area contributed by atoms with Crippen molar-refractivity contribution in [3.63, 3.8) is 0 Å². The van der Waals surface area contributed by atoms with Gasteiger partial charge in [-0.25, -0.2) is 0 Å². The summed E-state index contributed by atoms with van der Waals surface area (Å²) in [6.07, 6.45) is 0. The van der Waals surface area contributed by atoms with Gasteiger partial charge < -0.3 is 9.47 Å². The first-order chi connectivity index (χ1) is 28.7. The topological polar surface area (TPSA) is 8.17 Å². The van der Waals surface area contributed by atoms with E-state index in [9.17, 15) is 0 Å². The molecule has 0 atom stereocenters. The molecule has 296 valence electrons. The molecular weight excluding hydrogens is 725 g/mol. The van der Waals surface area contributed by atoms with Crippen LogP contribution in [0.1, 0.15) is 79.0 Å². The third kappa shape index (κ3) is 6.15. The van der Waals surface area contributed by atoms with Gasteiger partial charge in [0.2, 0.25) is 0 Å². The van der Waals surface area contributed by atoms with Gasteiger partial charge in [0.25, 0.3) is 0 Å². The maximum atomic E-state index is 2.52. The second-order valence-corrected chi connectivity index (χ2v) is 19.9. The van der Waals surface area contributed by atoms with E-state index in [0.717, 1.165) is 11.4 Å². The second-order valence-electron chi connectivity index (χ2n) is 19.9. The summed E-state index contributed by atoms with van der Waals surface area (Å²) in [5.41, 5.74) is 13.6. The van der Waals surface area contributed by atoms with Gasteiger partial charge in [-0.1, -0.05) is 172 Å². The van der Waals surface area contributed by atoms with E-state index in [1.54, 1.807) is 0 Å². The van der Waals surface area contributed by atoms with Crippen LogP contribution in [0.4, 0.5) is 17.1 Å². The third-order valence-electron chi connectivity index (χ3n) is 12.8. The first-order valence-corrected chi connectivity index (χ1v) is 21.5. The average molecular weight is 779 g/mol. The largest absolute Gasteiger partial charge is 0.309 e. The molecule has 2 nitrogen and oxygen atoms in total. The molecule has 0 aliphatic carbocycles. The van der Waals surface area contributed by atoms with Gasteiger partial charge >= 0.3 is 0 Å². The maximum Gasteiger partial charge on any atom is 0.0543 e. The van der Waals surface area contributed by atoms with Crippen molar-refractivity contribution in [3.05, 3.63) is 180 Å². The Morgan fingerprint density at radius 1 is 0.383 bits per heavy atom. The molecule has 0 unspecified atom stereocenters. The number of benzene rings is 9. The molecule has 10 rings (SSSR count). The van der Waals surface area contributed by atoms with E-state index in [-0.39, 0.29) is 16.2 Å². The lowest BCUT2D eigenvalue weighted by Crippen LogP contribution is -2.15. The quantitative estimate of drug-likeness (QED) is 0.158. The fraction of sp³-hybridized carbons (Fsp3) is 0.207. The van der Waals surface area contributed by atoms with Crippen LogP contribution in [0.25, 0.3) is 70.9 Å². The van der Waals surface area contributed by atoms with Gasteiger partial charge in [-0.15, -0.1) is 0 Å². The van der Waals surface area contributed by atoms with E-state index < -0.39 is 0 Å². The van der Waals surface area contributed by atoms with Gasteiger partial charge in [0.15, 0.2) is 0 Å². The van der Waals surface area contributed by atoms with Gasteiger partial charge in [0.1, 0.15) is 0 Å². The number of rotatable bonds is 5. The van der Waals surface area contributed by atoms with Crippen molar-refractivity contribution in [2.45, 2.75) is 78.6 Å². The Bertz CT molecular complexity index is 3160. The molecule has 0 saturated carbocycles. The Hall–Kier alpha value is -6.38. The molecule has 0 bridgehead atoms. The Morgan fingerprint density at radius 3 is 1.45 bits per heavy atom. The zero-order valence-electron chi connectivity index (χ0n) is 36.5. The van der Waals surface area contributed by atoms with Crippen LogP contribution in [0, 0.1) is 0 Å². The number of para-hydroxylation sites is 1. The number of hydrogen-bond donors (Lipinski definition) is 0. The highest BCUT2D eigenvalue weighted by Gasteiger charge is 2.26. The highest BCUT2D eigenvalue weighted by atomic mass is 15.1. The normalized spacial score (nSPS) is 12.8. The molecule has 1 aromatic heterocycles. The van der Waals surface area contributed by atoms with Gasteiger partial charge in [-0.3, -0.25) is 0 Å². The van der Waals surface area contributed by atoms with Crippen LogP contribution >= 0.6 is 0 Å². The molecule has 0 aliphatic heterocycles. The predicted molar refractivity (Wildman–Crippen MR) is 261 cm³/mol. The van der Waals surface area contributed by atoms with Crippen LogP contribution in [0.5, 0.6) is 0 Å². The molecule has 0 N–H and O–H groups in total. The van der Waals surface area contributed by atoms with Crippen LogP contribution in [0.2, 0.25) is 0 Å². The fourth-order valence-electron chi connectivity index (χ4n) is 9.41. The van der Waals surface area contributed by atoms with Crippen LogP contribution in [-0.4, -0.2) is 4.57 Å². The molecule has 0 fully saturated rings. The molecule has 0 saturated heterocycles. The van der Waals surface area contributed by atoms with E-state index in [1.807, 2.05) is 0 Å². The molecule has 60 heavy (non-hydrogen) atoms. The van der Waals surface area contributed by atoms with E-state index in [0.29, 0.717) is 0 Å². The Morgan fingerprint density at radius 2 is 0.867 bits per heavy atom. The van der Waals surface area contributed by atoms with Crippen LogP contribution in [0.15, 0.2) is 164 Å². The number of anilines is 3. The Labute approximate surface area is 355 Å². The molecule has 2 heteroatoms. The van der Waals surface area contributed by atoms with Crippen molar-refractivity contribution >= 4 is 71.2 Å². The van der Waals surface area contributed by atoms with Crippen LogP contribution in [0.3, 0.4) is 0 Å². The van der Waals surface area contributed by atoms with Crippen LogP contribution in [-0.2, 0) is 16.2 Å². The van der Waals surface area contributed by atoms with Crippen molar-refractivity contribution in [1.82, 2.24) is 4.57 Å². The molecule has 0 spiro atoms. The van der Waals surface area contributed by atoms with Gasteiger partial charge in [0, 0.05) is 32.8 Å². The smallest absolute Gasteiger partial charge is 0.0543 e. The minimum Gasteiger partial charge on any atom is -0.309 e. The van der Waals surface area contributed by atoms with E-state index in [2.05, 4.69) is 236 Å². The number of hydrogen-bond acceptors (Lipinski definition) is 1. The summed E-state index contributed by atoms with van der Waals surface area (Å²) in [5.74, 6) is 0. The summed E-state index contributed by atoms with van der Waals surface area (Å²) >= 11 is 0. The van der Waals surface area contributed by atoms with Crippen molar-refractivity contribution in [2.24, 2.45) is 0 Å². The summed E-state index contributed by atoms with van der Waals surface area (Å²) in [6, 6.07) is 61.8. The summed E-state index contributed by atoms with van der Waals surface area (Å²) in [5, 5.41) is 10.2. The van der Waals surface area contributed by atoms with E-state index in [1.165, 1.54) is 93.3 Å². The van der Waals surface area contributed by atoms with Gasteiger partial charge in [-0.2, -0.15) is 0 Å². The zero-order valence-corrected chi connectivity index (χ0v) is 36.5.